The van der Waals surface area contributed by atoms with Gasteiger partial charge in [-0.05, 0) is 39.9 Å². The highest BCUT2D eigenvalue weighted by molar-refractivity contribution is 9.10. The van der Waals surface area contributed by atoms with Gasteiger partial charge in [0.05, 0.1) is 19.8 Å². The SMILES string of the molecule is COc1nc(OCc2cccc(-c3ccccc3)c2Br)nc(OC)c1CNC1(C(=O)O)CC1. The van der Waals surface area contributed by atoms with Crippen molar-refractivity contribution in [3.05, 3.63) is 64.1 Å². The third-order valence-electron chi connectivity index (χ3n) is 5.58. The van der Waals surface area contributed by atoms with E-state index in [1.165, 1.54) is 14.2 Å². The fraction of sp³-hybridized carbons (Fsp3) is 0.292. The molecule has 0 saturated heterocycles. The maximum atomic E-state index is 11.4. The number of nitrogens with one attached hydrogen (secondary N) is 1. The Morgan fingerprint density at radius 2 is 1.73 bits per heavy atom. The van der Waals surface area contributed by atoms with Crippen LogP contribution in [0.3, 0.4) is 0 Å². The van der Waals surface area contributed by atoms with Crippen LogP contribution in [0.15, 0.2) is 53.0 Å². The summed E-state index contributed by atoms with van der Waals surface area (Å²) < 4.78 is 17.6. The third-order valence-corrected chi connectivity index (χ3v) is 6.52. The van der Waals surface area contributed by atoms with Crippen molar-refractivity contribution in [3.8, 4) is 28.9 Å². The monoisotopic (exact) mass is 513 g/mol. The second-order valence-electron chi connectivity index (χ2n) is 7.68. The molecule has 0 amide bonds. The van der Waals surface area contributed by atoms with Crippen LogP contribution in [0.25, 0.3) is 11.1 Å². The Labute approximate surface area is 200 Å². The van der Waals surface area contributed by atoms with Gasteiger partial charge in [0, 0.05) is 16.6 Å². The highest BCUT2D eigenvalue weighted by atomic mass is 79.9. The van der Waals surface area contributed by atoms with Crippen LogP contribution < -0.4 is 19.5 Å². The fourth-order valence-electron chi connectivity index (χ4n) is 3.50. The topological polar surface area (TPSA) is 103 Å². The smallest absolute Gasteiger partial charge is 0.323 e. The van der Waals surface area contributed by atoms with E-state index in [0.717, 1.165) is 21.2 Å². The minimum Gasteiger partial charge on any atom is -0.481 e. The van der Waals surface area contributed by atoms with E-state index in [1.54, 1.807) is 0 Å². The van der Waals surface area contributed by atoms with E-state index in [2.05, 4.69) is 31.2 Å². The van der Waals surface area contributed by atoms with Gasteiger partial charge in [-0.25, -0.2) is 0 Å². The molecule has 8 nitrogen and oxygen atoms in total. The summed E-state index contributed by atoms with van der Waals surface area (Å²) in [5, 5.41) is 12.4. The van der Waals surface area contributed by atoms with Gasteiger partial charge in [0.25, 0.3) is 0 Å². The molecule has 1 heterocycles. The molecule has 0 aliphatic heterocycles. The van der Waals surface area contributed by atoms with E-state index in [9.17, 15) is 9.90 Å². The van der Waals surface area contributed by atoms with Crippen molar-refractivity contribution >= 4 is 21.9 Å². The number of ether oxygens (including phenoxy) is 3. The number of aromatic nitrogens is 2. The van der Waals surface area contributed by atoms with Crippen LogP contribution in [-0.4, -0.2) is 40.8 Å². The standard InChI is InChI=1S/C24H24BrN3O5/c1-31-20-18(13-26-24(11-12-24)22(29)30)21(32-2)28-23(27-20)33-14-16-9-6-10-17(19(16)25)15-7-4-3-5-8-15/h3-10,26H,11-14H2,1-2H3,(H,29,30). The molecule has 1 fully saturated rings. The van der Waals surface area contributed by atoms with E-state index in [-0.39, 0.29) is 30.9 Å². The molecule has 2 N–H and O–H groups in total. The minimum absolute atomic E-state index is 0.101. The van der Waals surface area contributed by atoms with Gasteiger partial charge >= 0.3 is 12.0 Å². The molecule has 1 aromatic heterocycles. The first-order chi connectivity index (χ1) is 16.0. The Morgan fingerprint density at radius 1 is 1.06 bits per heavy atom. The van der Waals surface area contributed by atoms with Gasteiger partial charge in [-0.2, -0.15) is 9.97 Å². The predicted octanol–water partition coefficient (Wildman–Crippen LogP) is 4.21. The van der Waals surface area contributed by atoms with Crippen LogP contribution in [0.1, 0.15) is 24.0 Å². The number of carbonyl (C=O) groups is 1. The summed E-state index contributed by atoms with van der Waals surface area (Å²) in [5.41, 5.74) is 2.72. The summed E-state index contributed by atoms with van der Waals surface area (Å²) in [4.78, 5) is 20.2. The number of halogens is 1. The number of methoxy groups -OCH3 is 2. The zero-order chi connectivity index (χ0) is 23.4. The van der Waals surface area contributed by atoms with Crippen molar-refractivity contribution in [2.24, 2.45) is 0 Å². The lowest BCUT2D eigenvalue weighted by molar-refractivity contribution is -0.140. The Kier molecular flexibility index (Phi) is 6.80. The molecule has 0 bridgehead atoms. The summed E-state index contributed by atoms with van der Waals surface area (Å²) in [7, 11) is 2.97. The number of aliphatic carboxylic acids is 1. The molecule has 33 heavy (non-hydrogen) atoms. The van der Waals surface area contributed by atoms with E-state index < -0.39 is 11.5 Å². The lowest BCUT2D eigenvalue weighted by Crippen LogP contribution is -2.38. The minimum atomic E-state index is -0.902. The van der Waals surface area contributed by atoms with Crippen LogP contribution in [-0.2, 0) is 17.9 Å². The average molecular weight is 514 g/mol. The van der Waals surface area contributed by atoms with E-state index in [0.29, 0.717) is 18.4 Å². The Morgan fingerprint density at radius 3 is 2.30 bits per heavy atom. The fourth-order valence-corrected chi connectivity index (χ4v) is 4.11. The van der Waals surface area contributed by atoms with Crippen molar-refractivity contribution in [2.45, 2.75) is 31.5 Å². The normalized spacial score (nSPS) is 13.9. The highest BCUT2D eigenvalue weighted by Gasteiger charge is 2.50. The van der Waals surface area contributed by atoms with Crippen molar-refractivity contribution in [1.82, 2.24) is 15.3 Å². The van der Waals surface area contributed by atoms with Crippen molar-refractivity contribution in [3.63, 3.8) is 0 Å². The molecule has 0 atom stereocenters. The lowest BCUT2D eigenvalue weighted by atomic mass is 10.0. The maximum Gasteiger partial charge on any atom is 0.323 e. The quantitative estimate of drug-likeness (QED) is 0.415. The zero-order valence-electron chi connectivity index (χ0n) is 18.3. The second kappa shape index (κ2) is 9.76. The van der Waals surface area contributed by atoms with Crippen molar-refractivity contribution < 1.29 is 24.1 Å². The molecule has 9 heteroatoms. The van der Waals surface area contributed by atoms with E-state index in [4.69, 9.17) is 14.2 Å². The lowest BCUT2D eigenvalue weighted by Gasteiger charge is -2.17. The van der Waals surface area contributed by atoms with Gasteiger partial charge in [-0.3, -0.25) is 10.1 Å². The number of hydrogen-bond acceptors (Lipinski definition) is 7. The Hall–Kier alpha value is -3.17. The van der Waals surface area contributed by atoms with Crippen LogP contribution in [0.5, 0.6) is 17.8 Å². The molecule has 1 aliphatic carbocycles. The average Bonchev–Trinajstić information content (AvgIpc) is 3.64. The molecular formula is C24H24BrN3O5. The summed E-state index contributed by atoms with van der Waals surface area (Å²) in [6.07, 6.45) is 1.15. The summed E-state index contributed by atoms with van der Waals surface area (Å²) >= 11 is 3.69. The zero-order valence-corrected chi connectivity index (χ0v) is 19.9. The summed E-state index contributed by atoms with van der Waals surface area (Å²) in [5.74, 6) is -0.338. The molecule has 2 aromatic carbocycles. The van der Waals surface area contributed by atoms with Gasteiger partial charge in [-0.1, -0.05) is 48.5 Å². The second-order valence-corrected chi connectivity index (χ2v) is 8.47. The van der Waals surface area contributed by atoms with Gasteiger partial charge in [0.15, 0.2) is 0 Å². The van der Waals surface area contributed by atoms with E-state index >= 15 is 0 Å². The molecule has 172 valence electrons. The largest absolute Gasteiger partial charge is 0.481 e. The van der Waals surface area contributed by atoms with Crippen LogP contribution in [0.2, 0.25) is 0 Å². The molecule has 0 spiro atoms. The van der Waals surface area contributed by atoms with Crippen LogP contribution >= 0.6 is 15.9 Å². The third kappa shape index (κ3) is 4.94. The number of nitrogens with zero attached hydrogens (tertiary/aromatic N) is 2. The number of benzene rings is 2. The molecule has 0 unspecified atom stereocenters. The number of hydrogen-bond donors (Lipinski definition) is 2. The summed E-state index contributed by atoms with van der Waals surface area (Å²) in [6.45, 7) is 0.427. The van der Waals surface area contributed by atoms with Gasteiger partial charge in [-0.15, -0.1) is 0 Å². The molecule has 0 radical (unpaired) electrons. The Balaban J connectivity index is 1.53. The van der Waals surface area contributed by atoms with Crippen LogP contribution in [0, 0.1) is 0 Å². The molecule has 4 rings (SSSR count). The van der Waals surface area contributed by atoms with Crippen LogP contribution in [0.4, 0.5) is 0 Å². The molecular weight excluding hydrogens is 490 g/mol. The van der Waals surface area contributed by atoms with Gasteiger partial charge in [0.2, 0.25) is 11.8 Å². The maximum absolute atomic E-state index is 11.4. The first-order valence-corrected chi connectivity index (χ1v) is 11.2. The number of carboxylic acid groups (broad SMARTS) is 1. The predicted molar refractivity (Wildman–Crippen MR) is 125 cm³/mol. The number of rotatable bonds is 10. The molecule has 3 aromatic rings. The van der Waals surface area contributed by atoms with E-state index in [1.807, 2.05) is 48.5 Å². The number of carboxylic acids is 1. The first-order valence-electron chi connectivity index (χ1n) is 10.4. The summed E-state index contributed by atoms with van der Waals surface area (Å²) in [6, 6.07) is 16.1. The first kappa shape index (κ1) is 23.0. The highest BCUT2D eigenvalue weighted by Crippen LogP contribution is 2.37. The molecule has 1 saturated carbocycles. The van der Waals surface area contributed by atoms with Crippen molar-refractivity contribution in [1.29, 1.82) is 0 Å². The van der Waals surface area contributed by atoms with Gasteiger partial charge in [0.1, 0.15) is 12.1 Å². The Bertz CT molecular complexity index is 1130. The molecule has 1 aliphatic rings. The van der Waals surface area contributed by atoms with Crippen molar-refractivity contribution in [2.75, 3.05) is 14.2 Å². The van der Waals surface area contributed by atoms with Gasteiger partial charge < -0.3 is 19.3 Å².